The third-order valence-corrected chi connectivity index (χ3v) is 7.20. The van der Waals surface area contributed by atoms with Crippen molar-refractivity contribution in [2.45, 2.75) is 32.2 Å². The van der Waals surface area contributed by atoms with Gasteiger partial charge in [0, 0.05) is 49.2 Å². The molecule has 0 bridgehead atoms. The summed E-state index contributed by atoms with van der Waals surface area (Å²) in [6.07, 6.45) is 3.37. The molecule has 0 unspecified atom stereocenters. The number of aryl methyl sites for hydroxylation is 2. The summed E-state index contributed by atoms with van der Waals surface area (Å²) in [7, 11) is 3.56. The first-order valence-electron chi connectivity index (χ1n) is 12.4. The Morgan fingerprint density at radius 2 is 1.86 bits per heavy atom. The van der Waals surface area contributed by atoms with Crippen molar-refractivity contribution in [1.29, 1.82) is 0 Å². The van der Waals surface area contributed by atoms with Crippen LogP contribution in [0.1, 0.15) is 28.7 Å². The molecule has 1 aliphatic heterocycles. The molecule has 0 atom stereocenters. The predicted molar refractivity (Wildman–Crippen MR) is 140 cm³/mol. The number of ether oxygens (including phenoxy) is 1. The van der Waals surface area contributed by atoms with Crippen molar-refractivity contribution >= 4 is 22.8 Å². The third kappa shape index (κ3) is 4.81. The number of benzene rings is 3. The zero-order chi connectivity index (χ0) is 26.1. The average Bonchev–Trinajstić information content (AvgIpc) is 3.22. The van der Waals surface area contributed by atoms with Gasteiger partial charge in [-0.1, -0.05) is 30.3 Å². The molecule has 0 radical (unpaired) electrons. The quantitative estimate of drug-likeness (QED) is 0.382. The highest BCUT2D eigenvalue weighted by Gasteiger charge is 2.26. The van der Waals surface area contributed by atoms with Crippen LogP contribution in [0.5, 0.6) is 5.75 Å². The van der Waals surface area contributed by atoms with E-state index in [0.717, 1.165) is 27.6 Å². The monoisotopic (exact) mass is 500 g/mol. The normalized spacial score (nSPS) is 13.0. The standard InChI is InChI=1S/C30H29FN2O4/c1-32-17-20(21-5-3-4-6-27(21)32)8-12-29(34)33-14-13-23-25(18-33)22(9-10-26(23)31)24-15-19(16-30(35)36)7-11-28(24)37-2/h3-7,9-11,15,17H,8,12-14,16,18H2,1-2H3,(H,35,36). The van der Waals surface area contributed by atoms with Gasteiger partial charge >= 0.3 is 5.97 Å². The van der Waals surface area contributed by atoms with Crippen molar-refractivity contribution in [3.05, 3.63) is 88.9 Å². The van der Waals surface area contributed by atoms with Crippen LogP contribution in [0.3, 0.4) is 0 Å². The van der Waals surface area contributed by atoms with Gasteiger partial charge in [0.1, 0.15) is 11.6 Å². The lowest BCUT2D eigenvalue weighted by Crippen LogP contribution is -2.36. The summed E-state index contributed by atoms with van der Waals surface area (Å²) < 4.78 is 22.5. The molecule has 3 aromatic carbocycles. The smallest absolute Gasteiger partial charge is 0.307 e. The van der Waals surface area contributed by atoms with Crippen LogP contribution in [0.2, 0.25) is 0 Å². The fraction of sp³-hybridized carbons (Fsp3) is 0.267. The van der Waals surface area contributed by atoms with Gasteiger partial charge < -0.3 is 19.3 Å². The second-order valence-corrected chi connectivity index (χ2v) is 9.50. The van der Waals surface area contributed by atoms with E-state index in [0.29, 0.717) is 54.8 Å². The van der Waals surface area contributed by atoms with E-state index < -0.39 is 5.97 Å². The van der Waals surface area contributed by atoms with Gasteiger partial charge in [-0.3, -0.25) is 9.59 Å². The molecule has 6 nitrogen and oxygen atoms in total. The number of rotatable bonds is 7. The van der Waals surface area contributed by atoms with E-state index in [1.807, 2.05) is 19.2 Å². The van der Waals surface area contributed by atoms with Gasteiger partial charge in [-0.25, -0.2) is 4.39 Å². The summed E-state index contributed by atoms with van der Waals surface area (Å²) >= 11 is 0. The molecular formula is C30H29FN2O4. The number of aliphatic carboxylic acids is 1. The highest BCUT2D eigenvalue weighted by atomic mass is 19.1. The number of carbonyl (C=O) groups excluding carboxylic acids is 1. The number of amides is 1. The fourth-order valence-electron chi connectivity index (χ4n) is 5.37. The summed E-state index contributed by atoms with van der Waals surface area (Å²) in [4.78, 5) is 26.4. The van der Waals surface area contributed by atoms with Crippen molar-refractivity contribution in [1.82, 2.24) is 9.47 Å². The van der Waals surface area contributed by atoms with E-state index in [1.54, 1.807) is 36.3 Å². The second-order valence-electron chi connectivity index (χ2n) is 9.50. The number of carbonyl (C=O) groups is 2. The predicted octanol–water partition coefficient (Wildman–Crippen LogP) is 5.14. The maximum absolute atomic E-state index is 14.8. The van der Waals surface area contributed by atoms with Crippen LogP contribution in [-0.2, 0) is 42.4 Å². The molecule has 0 fully saturated rings. The Balaban J connectivity index is 1.42. The molecule has 5 rings (SSSR count). The topological polar surface area (TPSA) is 71.8 Å². The molecule has 0 saturated carbocycles. The molecule has 190 valence electrons. The summed E-state index contributed by atoms with van der Waals surface area (Å²) in [6.45, 7) is 0.751. The van der Waals surface area contributed by atoms with Gasteiger partial charge in [-0.05, 0) is 64.9 Å². The highest BCUT2D eigenvalue weighted by molar-refractivity contribution is 5.85. The van der Waals surface area contributed by atoms with Gasteiger partial charge in [0.15, 0.2) is 0 Å². The molecule has 7 heteroatoms. The van der Waals surface area contributed by atoms with Gasteiger partial charge in [0.2, 0.25) is 5.91 Å². The first-order chi connectivity index (χ1) is 17.9. The lowest BCUT2D eigenvalue weighted by molar-refractivity contribution is -0.136. The van der Waals surface area contributed by atoms with Crippen molar-refractivity contribution in [2.24, 2.45) is 7.05 Å². The van der Waals surface area contributed by atoms with Crippen LogP contribution in [0.4, 0.5) is 4.39 Å². The molecule has 4 aromatic rings. The zero-order valence-corrected chi connectivity index (χ0v) is 21.0. The minimum Gasteiger partial charge on any atom is -0.496 e. The number of fused-ring (bicyclic) bond motifs is 2. The number of methoxy groups -OCH3 is 1. The summed E-state index contributed by atoms with van der Waals surface area (Å²) in [6, 6.07) is 16.5. The number of carboxylic acid groups (broad SMARTS) is 1. The van der Waals surface area contributed by atoms with Crippen LogP contribution in [0.25, 0.3) is 22.0 Å². The molecule has 1 amide bonds. The Bertz CT molecular complexity index is 1510. The van der Waals surface area contributed by atoms with Crippen LogP contribution in [0.15, 0.2) is 60.8 Å². The summed E-state index contributed by atoms with van der Waals surface area (Å²) in [5.74, 6) is -0.620. The van der Waals surface area contributed by atoms with Gasteiger partial charge in [0.05, 0.1) is 13.5 Å². The Labute approximate surface area is 214 Å². The van der Waals surface area contributed by atoms with E-state index in [-0.39, 0.29) is 18.1 Å². The van der Waals surface area contributed by atoms with Gasteiger partial charge in [-0.15, -0.1) is 0 Å². The minimum absolute atomic E-state index is 0.0281. The first kappa shape index (κ1) is 24.6. The Morgan fingerprint density at radius 3 is 2.65 bits per heavy atom. The Morgan fingerprint density at radius 1 is 1.05 bits per heavy atom. The van der Waals surface area contributed by atoms with Crippen LogP contribution in [-0.4, -0.2) is 40.1 Å². The maximum atomic E-state index is 14.8. The van der Waals surface area contributed by atoms with Crippen LogP contribution >= 0.6 is 0 Å². The van der Waals surface area contributed by atoms with Crippen LogP contribution < -0.4 is 4.74 Å². The number of hydrogen-bond donors (Lipinski definition) is 1. The van der Waals surface area contributed by atoms with Crippen molar-refractivity contribution in [3.63, 3.8) is 0 Å². The molecule has 0 aliphatic carbocycles. The lowest BCUT2D eigenvalue weighted by atomic mass is 9.89. The largest absolute Gasteiger partial charge is 0.496 e. The number of para-hydroxylation sites is 1. The molecule has 37 heavy (non-hydrogen) atoms. The fourth-order valence-corrected chi connectivity index (χ4v) is 5.37. The lowest BCUT2D eigenvalue weighted by Gasteiger charge is -2.31. The maximum Gasteiger partial charge on any atom is 0.307 e. The Kier molecular flexibility index (Phi) is 6.70. The van der Waals surface area contributed by atoms with Crippen LogP contribution in [0, 0.1) is 5.82 Å². The van der Waals surface area contributed by atoms with E-state index in [9.17, 15) is 19.1 Å². The number of halogens is 1. The Hall–Kier alpha value is -4.13. The second kappa shape index (κ2) is 10.1. The highest BCUT2D eigenvalue weighted by Crippen LogP contribution is 2.38. The third-order valence-electron chi connectivity index (χ3n) is 7.20. The number of hydrogen-bond acceptors (Lipinski definition) is 3. The number of nitrogens with zero attached hydrogens (tertiary/aromatic N) is 2. The van der Waals surface area contributed by atoms with Crippen molar-refractivity contribution < 1.29 is 23.8 Å². The van der Waals surface area contributed by atoms with E-state index >= 15 is 0 Å². The number of carboxylic acids is 1. The number of aromatic nitrogens is 1. The summed E-state index contributed by atoms with van der Waals surface area (Å²) in [5.41, 5.74) is 5.69. The molecule has 1 aromatic heterocycles. The molecular weight excluding hydrogens is 471 g/mol. The van der Waals surface area contributed by atoms with Gasteiger partial charge in [0.25, 0.3) is 0 Å². The summed E-state index contributed by atoms with van der Waals surface area (Å²) in [5, 5.41) is 10.4. The molecule has 0 spiro atoms. The zero-order valence-electron chi connectivity index (χ0n) is 21.0. The average molecular weight is 501 g/mol. The van der Waals surface area contributed by atoms with E-state index in [1.165, 1.54) is 6.07 Å². The van der Waals surface area contributed by atoms with Crippen molar-refractivity contribution in [2.75, 3.05) is 13.7 Å². The molecule has 0 saturated heterocycles. The first-order valence-corrected chi connectivity index (χ1v) is 12.4. The van der Waals surface area contributed by atoms with E-state index in [2.05, 4.69) is 22.9 Å². The minimum atomic E-state index is -0.930. The molecule has 1 aliphatic rings. The van der Waals surface area contributed by atoms with Gasteiger partial charge in [-0.2, -0.15) is 0 Å². The molecule has 1 N–H and O–H groups in total. The SMILES string of the molecule is COc1ccc(CC(=O)O)cc1-c1ccc(F)c2c1CN(C(=O)CCc1cn(C)c3ccccc13)CC2. The molecule has 2 heterocycles. The van der Waals surface area contributed by atoms with E-state index in [4.69, 9.17) is 4.74 Å². The van der Waals surface area contributed by atoms with Crippen molar-refractivity contribution in [3.8, 4) is 16.9 Å².